The second-order valence-corrected chi connectivity index (χ2v) is 7.61. The number of aromatic amines is 1. The zero-order chi connectivity index (χ0) is 15.2. The lowest BCUT2D eigenvalue weighted by atomic mass is 10.2. The van der Waals surface area contributed by atoms with Gasteiger partial charge in [0.1, 0.15) is 0 Å². The first kappa shape index (κ1) is 13.9. The zero-order valence-electron chi connectivity index (χ0n) is 11.1. The Morgan fingerprint density at radius 1 is 1.43 bits per heavy atom. The first-order valence-electron chi connectivity index (χ1n) is 6.56. The van der Waals surface area contributed by atoms with Gasteiger partial charge in [-0.1, -0.05) is 0 Å². The molecule has 1 fully saturated rings. The summed E-state index contributed by atoms with van der Waals surface area (Å²) in [7, 11) is -3.14. The monoisotopic (exact) mass is 310 g/mol. The summed E-state index contributed by atoms with van der Waals surface area (Å²) in [4.78, 5) is 25.5. The minimum Gasteiger partial charge on any atom is -0.478 e. The van der Waals surface area contributed by atoms with Crippen molar-refractivity contribution in [3.63, 3.8) is 0 Å². The molecule has 0 radical (unpaired) electrons. The van der Waals surface area contributed by atoms with Crippen LogP contribution in [0.15, 0.2) is 23.0 Å². The second-order valence-electron chi connectivity index (χ2n) is 5.21. The van der Waals surface area contributed by atoms with Crippen LogP contribution >= 0.6 is 0 Å². The van der Waals surface area contributed by atoms with Crippen LogP contribution in [0.25, 0.3) is 11.0 Å². The average Bonchev–Trinajstić information content (AvgIpc) is 2.90. The van der Waals surface area contributed by atoms with Gasteiger partial charge in [-0.25, -0.2) is 18.0 Å². The number of benzene rings is 1. The number of nitrogens with zero attached hydrogens (tertiary/aromatic N) is 1. The molecule has 1 aliphatic heterocycles. The lowest BCUT2D eigenvalue weighted by Gasteiger charge is -2.10. The van der Waals surface area contributed by atoms with E-state index in [2.05, 4.69) is 4.98 Å². The summed E-state index contributed by atoms with van der Waals surface area (Å²) >= 11 is 0. The van der Waals surface area contributed by atoms with Crippen LogP contribution in [0, 0.1) is 0 Å². The highest BCUT2D eigenvalue weighted by Gasteiger charge is 2.32. The molecule has 2 heterocycles. The molecule has 1 atom stereocenters. The maximum Gasteiger partial charge on any atom is 0.335 e. The Kier molecular flexibility index (Phi) is 3.12. The molecule has 2 aromatic rings. The Balaban J connectivity index is 2.05. The summed E-state index contributed by atoms with van der Waals surface area (Å²) in [5.74, 6) is -0.915. The molecule has 0 aliphatic carbocycles. The van der Waals surface area contributed by atoms with Gasteiger partial charge in [0, 0.05) is 6.54 Å². The van der Waals surface area contributed by atoms with Gasteiger partial charge in [0.05, 0.1) is 27.6 Å². The highest BCUT2D eigenvalue weighted by molar-refractivity contribution is 7.92. The summed E-state index contributed by atoms with van der Waals surface area (Å²) in [6.45, 7) is 0.105. The molecule has 7 nitrogen and oxygen atoms in total. The molecule has 0 bridgehead atoms. The predicted molar refractivity (Wildman–Crippen MR) is 76.3 cm³/mol. The van der Waals surface area contributed by atoms with E-state index in [1.807, 2.05) is 0 Å². The first-order valence-corrected chi connectivity index (χ1v) is 8.27. The number of aromatic nitrogens is 2. The van der Waals surface area contributed by atoms with E-state index >= 15 is 0 Å². The third-order valence-electron chi connectivity index (χ3n) is 3.87. The first-order chi connectivity index (χ1) is 9.88. The zero-order valence-corrected chi connectivity index (χ0v) is 11.9. The molecular formula is C13H14N2O5S. The van der Waals surface area contributed by atoms with Crippen LogP contribution in [0.1, 0.15) is 23.2 Å². The maximum atomic E-state index is 12.0. The molecule has 1 aliphatic rings. The molecule has 0 spiro atoms. The number of imidazole rings is 1. The van der Waals surface area contributed by atoms with Crippen molar-refractivity contribution in [2.24, 2.45) is 0 Å². The fraction of sp³-hybridized carbons (Fsp3) is 0.385. The van der Waals surface area contributed by atoms with Gasteiger partial charge in [-0.05, 0) is 31.0 Å². The lowest BCUT2D eigenvalue weighted by Crippen LogP contribution is -2.27. The molecule has 21 heavy (non-hydrogen) atoms. The predicted octanol–water partition coefficient (Wildman–Crippen LogP) is 0.605. The van der Waals surface area contributed by atoms with Crippen molar-refractivity contribution in [2.75, 3.05) is 5.75 Å². The number of hydrogen-bond donors (Lipinski definition) is 2. The van der Waals surface area contributed by atoms with Gasteiger partial charge >= 0.3 is 11.7 Å². The Morgan fingerprint density at radius 3 is 2.81 bits per heavy atom. The summed E-state index contributed by atoms with van der Waals surface area (Å²) in [5.41, 5.74) is 0.571. The molecule has 8 heteroatoms. The van der Waals surface area contributed by atoms with Gasteiger partial charge in [0.15, 0.2) is 9.84 Å². The lowest BCUT2D eigenvalue weighted by molar-refractivity contribution is 0.0697. The highest BCUT2D eigenvalue weighted by atomic mass is 32.2. The summed E-state index contributed by atoms with van der Waals surface area (Å²) in [5, 5.41) is 8.39. The Bertz CT molecular complexity index is 878. The van der Waals surface area contributed by atoms with Crippen molar-refractivity contribution in [1.82, 2.24) is 9.55 Å². The summed E-state index contributed by atoms with van der Waals surface area (Å²) in [6.07, 6.45) is 1.17. The number of carboxylic acid groups (broad SMARTS) is 1. The quantitative estimate of drug-likeness (QED) is 0.863. The molecule has 1 aromatic heterocycles. The van der Waals surface area contributed by atoms with E-state index in [0.717, 1.165) is 0 Å². The van der Waals surface area contributed by atoms with Crippen molar-refractivity contribution in [3.8, 4) is 0 Å². The number of rotatable bonds is 3. The Labute approximate surface area is 120 Å². The van der Waals surface area contributed by atoms with Gasteiger partial charge in [-0.3, -0.25) is 4.57 Å². The molecular weight excluding hydrogens is 296 g/mol. The number of fused-ring (bicyclic) bond motifs is 1. The molecule has 112 valence electrons. The van der Waals surface area contributed by atoms with Crippen LogP contribution < -0.4 is 5.69 Å². The number of hydrogen-bond acceptors (Lipinski definition) is 4. The minimum atomic E-state index is -3.14. The van der Waals surface area contributed by atoms with E-state index in [-0.39, 0.29) is 17.9 Å². The third-order valence-corrected chi connectivity index (χ3v) is 6.13. The third kappa shape index (κ3) is 2.35. The van der Waals surface area contributed by atoms with Crippen LogP contribution in [0.4, 0.5) is 0 Å². The van der Waals surface area contributed by atoms with Crippen molar-refractivity contribution in [2.45, 2.75) is 24.6 Å². The van der Waals surface area contributed by atoms with Crippen molar-refractivity contribution >= 4 is 26.8 Å². The topological polar surface area (TPSA) is 109 Å². The summed E-state index contributed by atoms with van der Waals surface area (Å²) in [6, 6.07) is 4.30. The smallest absolute Gasteiger partial charge is 0.335 e. The highest BCUT2D eigenvalue weighted by Crippen LogP contribution is 2.22. The molecule has 1 unspecified atom stereocenters. The largest absolute Gasteiger partial charge is 0.478 e. The normalized spacial score (nSPS) is 20.9. The fourth-order valence-corrected chi connectivity index (χ4v) is 4.55. The molecule has 3 rings (SSSR count). The molecule has 0 saturated carbocycles. The fourth-order valence-electron chi connectivity index (χ4n) is 2.74. The average molecular weight is 310 g/mol. The van der Waals surface area contributed by atoms with Gasteiger partial charge in [-0.15, -0.1) is 0 Å². The van der Waals surface area contributed by atoms with Crippen molar-refractivity contribution < 1.29 is 18.3 Å². The van der Waals surface area contributed by atoms with Crippen LogP contribution in [-0.2, 0) is 16.4 Å². The van der Waals surface area contributed by atoms with Crippen molar-refractivity contribution in [3.05, 3.63) is 34.2 Å². The Morgan fingerprint density at radius 2 is 2.19 bits per heavy atom. The molecule has 1 aromatic carbocycles. The summed E-state index contributed by atoms with van der Waals surface area (Å²) < 4.78 is 25.1. The maximum absolute atomic E-state index is 12.0. The van der Waals surface area contributed by atoms with E-state index in [9.17, 15) is 18.0 Å². The molecule has 2 N–H and O–H groups in total. The van der Waals surface area contributed by atoms with Crippen LogP contribution in [0.3, 0.4) is 0 Å². The number of H-pyrrole nitrogens is 1. The Hall–Kier alpha value is -2.09. The molecule has 0 amide bonds. The van der Waals surface area contributed by atoms with E-state index in [4.69, 9.17) is 5.11 Å². The second kappa shape index (κ2) is 4.73. The number of sulfone groups is 1. The number of nitrogens with one attached hydrogen (secondary N) is 1. The van der Waals surface area contributed by atoms with Gasteiger partial charge in [-0.2, -0.15) is 0 Å². The van der Waals surface area contributed by atoms with Crippen molar-refractivity contribution in [1.29, 1.82) is 0 Å². The van der Waals surface area contributed by atoms with E-state index in [1.54, 1.807) is 0 Å². The van der Waals surface area contributed by atoms with E-state index in [0.29, 0.717) is 23.9 Å². The van der Waals surface area contributed by atoms with Gasteiger partial charge < -0.3 is 10.1 Å². The SMILES string of the molecule is O=C(O)c1ccc2c(c1)[nH]c(=O)n2CC1CCCS1(=O)=O. The number of aromatic carboxylic acids is 1. The minimum absolute atomic E-state index is 0.0735. The van der Waals surface area contributed by atoms with E-state index in [1.165, 1.54) is 22.8 Å². The van der Waals surface area contributed by atoms with Crippen LogP contribution in [-0.4, -0.2) is 40.0 Å². The van der Waals surface area contributed by atoms with Crippen LogP contribution in [0.5, 0.6) is 0 Å². The number of carbonyl (C=O) groups is 1. The molecule has 1 saturated heterocycles. The van der Waals surface area contributed by atoms with Gasteiger partial charge in [0.25, 0.3) is 0 Å². The standard InChI is InChI=1S/C13H14N2O5S/c16-12(17)8-3-4-11-10(6-8)14-13(18)15(11)7-9-2-1-5-21(9,19)20/h3-4,6,9H,1-2,5,7H2,(H,14,18)(H,16,17). The van der Waals surface area contributed by atoms with Crippen LogP contribution in [0.2, 0.25) is 0 Å². The van der Waals surface area contributed by atoms with E-state index < -0.39 is 26.7 Å². The van der Waals surface area contributed by atoms with Gasteiger partial charge in [0.2, 0.25) is 0 Å². The number of carboxylic acids is 1.